The predicted octanol–water partition coefficient (Wildman–Crippen LogP) is 4.14. The van der Waals surface area contributed by atoms with E-state index in [2.05, 4.69) is 43.4 Å². The quantitative estimate of drug-likeness (QED) is 0.787. The number of rotatable bonds is 6. The lowest BCUT2D eigenvalue weighted by molar-refractivity contribution is 0.518. The SMILES string of the molecule is CC(C)(CCc1ccccc1)Nc1ccccc1C(N)=S. The van der Waals surface area contributed by atoms with Crippen LogP contribution in [0.25, 0.3) is 0 Å². The first-order valence-electron chi connectivity index (χ1n) is 7.19. The van der Waals surface area contributed by atoms with Gasteiger partial charge in [0.1, 0.15) is 4.99 Å². The molecule has 2 rings (SSSR count). The van der Waals surface area contributed by atoms with Crippen LogP contribution in [0, 0.1) is 0 Å². The van der Waals surface area contributed by atoms with Crippen LogP contribution in [0.1, 0.15) is 31.4 Å². The van der Waals surface area contributed by atoms with E-state index in [0.29, 0.717) is 4.99 Å². The molecular weight excluding hydrogens is 276 g/mol. The first kappa shape index (κ1) is 15.5. The highest BCUT2D eigenvalue weighted by Gasteiger charge is 2.19. The minimum Gasteiger partial charge on any atom is -0.389 e. The van der Waals surface area contributed by atoms with Gasteiger partial charge in [0.15, 0.2) is 0 Å². The van der Waals surface area contributed by atoms with Gasteiger partial charge in [-0.15, -0.1) is 0 Å². The zero-order valence-electron chi connectivity index (χ0n) is 12.6. The van der Waals surface area contributed by atoms with E-state index < -0.39 is 0 Å². The van der Waals surface area contributed by atoms with E-state index in [1.54, 1.807) is 0 Å². The monoisotopic (exact) mass is 298 g/mol. The Kier molecular flexibility index (Phi) is 4.97. The standard InChI is InChI=1S/C18H22N2S/c1-18(2,13-12-14-8-4-3-5-9-14)20-16-11-7-6-10-15(16)17(19)21/h3-11,20H,12-13H2,1-2H3,(H2,19,21). The van der Waals surface area contributed by atoms with E-state index >= 15 is 0 Å². The number of hydrogen-bond donors (Lipinski definition) is 2. The molecule has 0 aliphatic heterocycles. The van der Waals surface area contributed by atoms with E-state index in [0.717, 1.165) is 24.1 Å². The maximum Gasteiger partial charge on any atom is 0.106 e. The lowest BCUT2D eigenvalue weighted by atomic mass is 9.94. The minimum atomic E-state index is -0.0310. The molecule has 0 radical (unpaired) electrons. The molecule has 110 valence electrons. The van der Waals surface area contributed by atoms with Crippen molar-refractivity contribution in [3.8, 4) is 0 Å². The molecule has 0 aliphatic carbocycles. The van der Waals surface area contributed by atoms with Crippen LogP contribution in [0.5, 0.6) is 0 Å². The second-order valence-corrected chi connectivity index (χ2v) is 6.34. The Morgan fingerprint density at radius 3 is 2.33 bits per heavy atom. The van der Waals surface area contributed by atoms with Gasteiger partial charge in [0.2, 0.25) is 0 Å². The van der Waals surface area contributed by atoms with E-state index in [1.807, 2.05) is 30.3 Å². The molecule has 0 atom stereocenters. The first-order chi connectivity index (χ1) is 9.98. The van der Waals surface area contributed by atoms with E-state index in [4.69, 9.17) is 18.0 Å². The van der Waals surface area contributed by atoms with Gasteiger partial charge >= 0.3 is 0 Å². The fraction of sp³-hybridized carbons (Fsp3) is 0.278. The average molecular weight is 298 g/mol. The van der Waals surface area contributed by atoms with Gasteiger partial charge in [0.25, 0.3) is 0 Å². The zero-order valence-corrected chi connectivity index (χ0v) is 13.4. The number of anilines is 1. The molecule has 0 fully saturated rings. The third kappa shape index (κ3) is 4.57. The molecule has 21 heavy (non-hydrogen) atoms. The van der Waals surface area contributed by atoms with Crippen LogP contribution >= 0.6 is 12.2 Å². The van der Waals surface area contributed by atoms with Gasteiger partial charge in [-0.3, -0.25) is 0 Å². The summed E-state index contributed by atoms with van der Waals surface area (Å²) in [5.41, 5.74) is 9.02. The highest BCUT2D eigenvalue weighted by molar-refractivity contribution is 7.80. The highest BCUT2D eigenvalue weighted by atomic mass is 32.1. The maximum absolute atomic E-state index is 5.79. The van der Waals surface area contributed by atoms with Crippen molar-refractivity contribution in [1.29, 1.82) is 0 Å². The molecule has 0 saturated heterocycles. The second-order valence-electron chi connectivity index (χ2n) is 5.90. The number of thiocarbonyl (C=S) groups is 1. The summed E-state index contributed by atoms with van der Waals surface area (Å²) in [5.74, 6) is 0. The largest absolute Gasteiger partial charge is 0.389 e. The normalized spacial score (nSPS) is 11.1. The van der Waals surface area contributed by atoms with E-state index in [1.165, 1.54) is 5.56 Å². The van der Waals surface area contributed by atoms with Gasteiger partial charge in [-0.1, -0.05) is 54.7 Å². The number of para-hydroxylation sites is 1. The Labute approximate surface area is 132 Å². The van der Waals surface area contributed by atoms with Crippen LogP contribution in [-0.4, -0.2) is 10.5 Å². The molecule has 0 heterocycles. The van der Waals surface area contributed by atoms with Crippen LogP contribution in [0.2, 0.25) is 0 Å². The first-order valence-corrected chi connectivity index (χ1v) is 7.60. The summed E-state index contributed by atoms with van der Waals surface area (Å²) in [6.45, 7) is 4.40. The fourth-order valence-electron chi connectivity index (χ4n) is 2.34. The highest BCUT2D eigenvalue weighted by Crippen LogP contribution is 2.23. The van der Waals surface area contributed by atoms with Gasteiger partial charge in [-0.25, -0.2) is 0 Å². The molecule has 3 heteroatoms. The van der Waals surface area contributed by atoms with Crippen LogP contribution in [0.15, 0.2) is 54.6 Å². The van der Waals surface area contributed by atoms with Crippen molar-refractivity contribution in [3.63, 3.8) is 0 Å². The van der Waals surface area contributed by atoms with Crippen LogP contribution in [-0.2, 0) is 6.42 Å². The summed E-state index contributed by atoms with van der Waals surface area (Å²) in [4.78, 5) is 0.428. The third-order valence-electron chi connectivity index (χ3n) is 3.55. The zero-order chi connectivity index (χ0) is 15.3. The lowest BCUT2D eigenvalue weighted by Crippen LogP contribution is -2.32. The molecule has 3 N–H and O–H groups in total. The number of nitrogens with two attached hydrogens (primary N) is 1. The van der Waals surface area contributed by atoms with Gasteiger partial charge in [-0.05, 0) is 44.4 Å². The Hall–Kier alpha value is -1.87. The molecule has 0 spiro atoms. The summed E-state index contributed by atoms with van der Waals surface area (Å²) >= 11 is 5.12. The Balaban J connectivity index is 2.05. The fourth-order valence-corrected chi connectivity index (χ4v) is 2.51. The molecule has 0 aliphatic rings. The summed E-state index contributed by atoms with van der Waals surface area (Å²) in [7, 11) is 0. The van der Waals surface area contributed by atoms with Crippen LogP contribution < -0.4 is 11.1 Å². The number of nitrogens with one attached hydrogen (secondary N) is 1. The lowest BCUT2D eigenvalue weighted by Gasteiger charge is -2.29. The van der Waals surface area contributed by atoms with Crippen molar-refractivity contribution >= 4 is 22.9 Å². The summed E-state index contributed by atoms with van der Waals surface area (Å²) < 4.78 is 0. The molecule has 0 bridgehead atoms. The van der Waals surface area contributed by atoms with Gasteiger partial charge < -0.3 is 11.1 Å². The minimum absolute atomic E-state index is 0.0310. The van der Waals surface area contributed by atoms with Crippen molar-refractivity contribution in [1.82, 2.24) is 0 Å². The third-order valence-corrected chi connectivity index (χ3v) is 3.77. The molecule has 2 aromatic carbocycles. The molecule has 0 unspecified atom stereocenters. The molecule has 2 aromatic rings. The Bertz CT molecular complexity index is 606. The summed E-state index contributed by atoms with van der Waals surface area (Å²) in [6.07, 6.45) is 2.07. The smallest absolute Gasteiger partial charge is 0.106 e. The maximum atomic E-state index is 5.79. The molecule has 0 amide bonds. The number of hydrogen-bond acceptors (Lipinski definition) is 2. The van der Waals surface area contributed by atoms with E-state index in [9.17, 15) is 0 Å². The summed E-state index contributed by atoms with van der Waals surface area (Å²) in [6, 6.07) is 18.5. The van der Waals surface area contributed by atoms with Crippen molar-refractivity contribution in [3.05, 3.63) is 65.7 Å². The predicted molar refractivity (Wildman–Crippen MR) is 94.8 cm³/mol. The van der Waals surface area contributed by atoms with Crippen LogP contribution in [0.3, 0.4) is 0 Å². The average Bonchev–Trinajstić information content (AvgIpc) is 2.46. The number of aryl methyl sites for hydroxylation is 1. The van der Waals surface area contributed by atoms with Crippen molar-refractivity contribution in [2.75, 3.05) is 5.32 Å². The van der Waals surface area contributed by atoms with Gasteiger partial charge in [0.05, 0.1) is 0 Å². The van der Waals surface area contributed by atoms with Crippen molar-refractivity contribution in [2.45, 2.75) is 32.2 Å². The molecule has 2 nitrogen and oxygen atoms in total. The molecular formula is C18H22N2S. The summed E-state index contributed by atoms with van der Waals surface area (Å²) in [5, 5.41) is 3.57. The van der Waals surface area contributed by atoms with Crippen molar-refractivity contribution < 1.29 is 0 Å². The van der Waals surface area contributed by atoms with Gasteiger partial charge in [0, 0.05) is 16.8 Å². The topological polar surface area (TPSA) is 38.0 Å². The van der Waals surface area contributed by atoms with Crippen LogP contribution in [0.4, 0.5) is 5.69 Å². The second kappa shape index (κ2) is 6.72. The van der Waals surface area contributed by atoms with Gasteiger partial charge in [-0.2, -0.15) is 0 Å². The number of benzene rings is 2. The van der Waals surface area contributed by atoms with Crippen molar-refractivity contribution in [2.24, 2.45) is 5.73 Å². The molecule has 0 saturated carbocycles. The Morgan fingerprint density at radius 1 is 1.05 bits per heavy atom. The molecule has 0 aromatic heterocycles. The van der Waals surface area contributed by atoms with E-state index in [-0.39, 0.29) is 5.54 Å². The Morgan fingerprint density at radius 2 is 1.67 bits per heavy atom.